The van der Waals surface area contributed by atoms with Crippen LogP contribution in [0.25, 0.3) is 0 Å². The van der Waals surface area contributed by atoms with Crippen molar-refractivity contribution in [3.8, 4) is 5.75 Å². The zero-order valence-corrected chi connectivity index (χ0v) is 10.00. The molecule has 1 aromatic carbocycles. The van der Waals surface area contributed by atoms with Gasteiger partial charge in [-0.2, -0.15) is 0 Å². The molecule has 0 aliphatic heterocycles. The van der Waals surface area contributed by atoms with Gasteiger partial charge in [0.2, 0.25) is 0 Å². The van der Waals surface area contributed by atoms with E-state index in [0.29, 0.717) is 42.9 Å². The van der Waals surface area contributed by atoms with Gasteiger partial charge in [0.05, 0.1) is 25.5 Å². The van der Waals surface area contributed by atoms with Crippen LogP contribution >= 0.6 is 11.6 Å². The molecule has 0 atom stereocenters. The Bertz CT molecular complexity index is 320. The Labute approximate surface area is 100 Å². The second-order valence-electron chi connectivity index (χ2n) is 3.14. The van der Waals surface area contributed by atoms with Gasteiger partial charge < -0.3 is 19.9 Å². The SMILES string of the molecule is COCCOCCOc1cc(Cl)ccc1N. The second kappa shape index (κ2) is 7.33. The Morgan fingerprint density at radius 2 is 1.94 bits per heavy atom. The highest BCUT2D eigenvalue weighted by Gasteiger charge is 2.00. The number of ether oxygens (including phenoxy) is 3. The quantitative estimate of drug-likeness (QED) is 0.589. The summed E-state index contributed by atoms with van der Waals surface area (Å²) in [5.41, 5.74) is 6.28. The summed E-state index contributed by atoms with van der Waals surface area (Å²) in [4.78, 5) is 0. The van der Waals surface area contributed by atoms with Gasteiger partial charge in [-0.1, -0.05) is 11.6 Å². The molecule has 16 heavy (non-hydrogen) atoms. The van der Waals surface area contributed by atoms with Crippen LogP contribution in [-0.4, -0.2) is 33.5 Å². The first kappa shape index (κ1) is 13.1. The van der Waals surface area contributed by atoms with Crippen molar-refractivity contribution in [2.75, 3.05) is 39.3 Å². The van der Waals surface area contributed by atoms with E-state index in [1.54, 1.807) is 25.3 Å². The molecule has 5 heteroatoms. The van der Waals surface area contributed by atoms with Crippen molar-refractivity contribution in [1.29, 1.82) is 0 Å². The van der Waals surface area contributed by atoms with Gasteiger partial charge in [-0.15, -0.1) is 0 Å². The van der Waals surface area contributed by atoms with Crippen molar-refractivity contribution in [2.24, 2.45) is 0 Å². The Morgan fingerprint density at radius 1 is 1.19 bits per heavy atom. The molecule has 0 heterocycles. The minimum Gasteiger partial charge on any atom is -0.489 e. The normalized spacial score (nSPS) is 10.4. The fourth-order valence-corrected chi connectivity index (χ4v) is 1.25. The van der Waals surface area contributed by atoms with E-state index in [1.165, 1.54) is 0 Å². The van der Waals surface area contributed by atoms with Gasteiger partial charge >= 0.3 is 0 Å². The summed E-state index contributed by atoms with van der Waals surface area (Å²) in [5.74, 6) is 0.586. The first-order valence-corrected chi connectivity index (χ1v) is 5.36. The topological polar surface area (TPSA) is 53.7 Å². The zero-order valence-electron chi connectivity index (χ0n) is 9.24. The van der Waals surface area contributed by atoms with Crippen molar-refractivity contribution in [1.82, 2.24) is 0 Å². The standard InChI is InChI=1S/C11H16ClNO3/c1-14-4-5-15-6-7-16-11-8-9(12)2-3-10(11)13/h2-3,8H,4-7,13H2,1H3. The Balaban J connectivity index is 2.23. The lowest BCUT2D eigenvalue weighted by atomic mass is 10.3. The van der Waals surface area contributed by atoms with Gasteiger partial charge in [0.15, 0.2) is 0 Å². The van der Waals surface area contributed by atoms with Crippen molar-refractivity contribution < 1.29 is 14.2 Å². The molecule has 0 aliphatic carbocycles. The van der Waals surface area contributed by atoms with Gasteiger partial charge in [-0.25, -0.2) is 0 Å². The monoisotopic (exact) mass is 245 g/mol. The average molecular weight is 246 g/mol. The van der Waals surface area contributed by atoms with E-state index in [1.807, 2.05) is 0 Å². The molecule has 2 N–H and O–H groups in total. The first-order valence-electron chi connectivity index (χ1n) is 4.98. The van der Waals surface area contributed by atoms with Crippen LogP contribution in [0.5, 0.6) is 5.75 Å². The minimum absolute atomic E-state index is 0.439. The first-order chi connectivity index (χ1) is 7.74. The average Bonchev–Trinajstić information content (AvgIpc) is 2.28. The molecule has 0 radical (unpaired) electrons. The maximum absolute atomic E-state index is 5.81. The lowest BCUT2D eigenvalue weighted by Crippen LogP contribution is -2.10. The lowest BCUT2D eigenvalue weighted by molar-refractivity contribution is 0.0545. The molecular weight excluding hydrogens is 230 g/mol. The van der Waals surface area contributed by atoms with Crippen LogP contribution in [0.3, 0.4) is 0 Å². The molecule has 0 bridgehead atoms. The highest BCUT2D eigenvalue weighted by molar-refractivity contribution is 6.30. The smallest absolute Gasteiger partial charge is 0.143 e. The zero-order chi connectivity index (χ0) is 11.8. The van der Waals surface area contributed by atoms with Crippen LogP contribution in [0.1, 0.15) is 0 Å². The maximum atomic E-state index is 5.81. The molecule has 0 spiro atoms. The van der Waals surface area contributed by atoms with Crippen molar-refractivity contribution in [2.45, 2.75) is 0 Å². The van der Waals surface area contributed by atoms with Gasteiger partial charge in [0.1, 0.15) is 12.4 Å². The van der Waals surface area contributed by atoms with Crippen LogP contribution in [0.4, 0.5) is 5.69 Å². The van der Waals surface area contributed by atoms with E-state index in [-0.39, 0.29) is 0 Å². The summed E-state index contributed by atoms with van der Waals surface area (Å²) in [7, 11) is 1.63. The van der Waals surface area contributed by atoms with Gasteiger partial charge in [-0.05, 0) is 12.1 Å². The predicted molar refractivity (Wildman–Crippen MR) is 64.1 cm³/mol. The number of nitrogen functional groups attached to an aromatic ring is 1. The Morgan fingerprint density at radius 3 is 2.69 bits per heavy atom. The van der Waals surface area contributed by atoms with E-state index < -0.39 is 0 Å². The van der Waals surface area contributed by atoms with Crippen molar-refractivity contribution in [3.63, 3.8) is 0 Å². The van der Waals surface area contributed by atoms with Crippen LogP contribution < -0.4 is 10.5 Å². The van der Waals surface area contributed by atoms with E-state index >= 15 is 0 Å². The third kappa shape index (κ3) is 4.70. The highest BCUT2D eigenvalue weighted by Crippen LogP contribution is 2.25. The summed E-state index contributed by atoms with van der Waals surface area (Å²) < 4.78 is 15.5. The predicted octanol–water partition coefficient (Wildman–Crippen LogP) is 1.96. The molecule has 90 valence electrons. The number of rotatable bonds is 7. The van der Waals surface area contributed by atoms with Gasteiger partial charge in [0.25, 0.3) is 0 Å². The number of hydrogen-bond acceptors (Lipinski definition) is 4. The number of benzene rings is 1. The number of nitrogens with two attached hydrogens (primary N) is 1. The van der Waals surface area contributed by atoms with Crippen LogP contribution in [-0.2, 0) is 9.47 Å². The molecule has 0 amide bonds. The van der Waals surface area contributed by atoms with Crippen LogP contribution in [0, 0.1) is 0 Å². The third-order valence-electron chi connectivity index (χ3n) is 1.89. The fraction of sp³-hybridized carbons (Fsp3) is 0.455. The Kier molecular flexibility index (Phi) is 6.00. The fourth-order valence-electron chi connectivity index (χ4n) is 1.09. The Hall–Kier alpha value is -0.970. The highest BCUT2D eigenvalue weighted by atomic mass is 35.5. The van der Waals surface area contributed by atoms with Crippen LogP contribution in [0.2, 0.25) is 5.02 Å². The van der Waals surface area contributed by atoms with Crippen molar-refractivity contribution in [3.05, 3.63) is 23.2 Å². The molecule has 0 aliphatic rings. The summed E-state index contributed by atoms with van der Waals surface area (Å²) in [5, 5.41) is 0.601. The molecular formula is C11H16ClNO3. The molecule has 0 aromatic heterocycles. The van der Waals surface area contributed by atoms with Crippen LogP contribution in [0.15, 0.2) is 18.2 Å². The second-order valence-corrected chi connectivity index (χ2v) is 3.57. The molecule has 1 aromatic rings. The molecule has 4 nitrogen and oxygen atoms in total. The summed E-state index contributed by atoms with van der Waals surface area (Å²) >= 11 is 5.81. The van der Waals surface area contributed by atoms with E-state index in [0.717, 1.165) is 0 Å². The summed E-state index contributed by atoms with van der Waals surface area (Å²) in [6.07, 6.45) is 0. The number of methoxy groups -OCH3 is 1. The lowest BCUT2D eigenvalue weighted by Gasteiger charge is -2.09. The van der Waals surface area contributed by atoms with Gasteiger partial charge in [0, 0.05) is 18.2 Å². The van der Waals surface area contributed by atoms with Gasteiger partial charge in [-0.3, -0.25) is 0 Å². The summed E-state index contributed by atoms with van der Waals surface area (Å²) in [6.45, 7) is 2.08. The largest absolute Gasteiger partial charge is 0.489 e. The molecule has 0 unspecified atom stereocenters. The minimum atomic E-state index is 0.439. The maximum Gasteiger partial charge on any atom is 0.143 e. The number of hydrogen-bond donors (Lipinski definition) is 1. The molecule has 0 saturated carbocycles. The van der Waals surface area contributed by atoms with E-state index in [9.17, 15) is 0 Å². The number of halogens is 1. The summed E-state index contributed by atoms with van der Waals surface area (Å²) in [6, 6.07) is 5.12. The third-order valence-corrected chi connectivity index (χ3v) is 2.13. The molecule has 0 saturated heterocycles. The number of anilines is 1. The molecule has 1 rings (SSSR count). The van der Waals surface area contributed by atoms with E-state index in [2.05, 4.69) is 0 Å². The molecule has 0 fully saturated rings. The van der Waals surface area contributed by atoms with E-state index in [4.69, 9.17) is 31.5 Å². The van der Waals surface area contributed by atoms with Crippen molar-refractivity contribution >= 4 is 17.3 Å².